The second-order valence-electron chi connectivity index (χ2n) is 6.28. The molecular weight excluding hydrogens is 246 g/mol. The van der Waals surface area contributed by atoms with Crippen molar-refractivity contribution in [1.82, 2.24) is 10.3 Å². The molecule has 3 heteroatoms. The number of pyridine rings is 1. The van der Waals surface area contributed by atoms with E-state index in [9.17, 15) is 0 Å². The minimum atomic E-state index is 0.596. The highest BCUT2D eigenvalue weighted by atomic mass is 15.0. The van der Waals surface area contributed by atoms with Crippen molar-refractivity contribution >= 4 is 16.6 Å². The number of benzene rings is 1. The Hall–Kier alpha value is -1.61. The Morgan fingerprint density at radius 3 is 2.70 bits per heavy atom. The fraction of sp³-hybridized carbons (Fsp3) is 0.471. The standard InChI is InChI=1S/C17H21N3/c1-11-8-17(15-4-2-3-5-16(15)18-11)20-14-9-12-6-7-13(10-14)19-12/h2-5,8,12-14,19H,6-7,9-10H2,1H3,(H,18,20). The number of nitrogens with one attached hydrogen (secondary N) is 2. The van der Waals surface area contributed by atoms with Crippen molar-refractivity contribution in [1.29, 1.82) is 0 Å². The Labute approximate surface area is 119 Å². The lowest BCUT2D eigenvalue weighted by molar-refractivity contribution is 0.378. The first-order chi connectivity index (χ1) is 9.78. The number of hydrogen-bond acceptors (Lipinski definition) is 3. The summed E-state index contributed by atoms with van der Waals surface area (Å²) in [6.07, 6.45) is 5.18. The summed E-state index contributed by atoms with van der Waals surface area (Å²) in [6.45, 7) is 2.07. The van der Waals surface area contributed by atoms with Crippen molar-refractivity contribution in [2.24, 2.45) is 0 Å². The van der Waals surface area contributed by atoms with E-state index in [0.717, 1.165) is 23.3 Å². The number of hydrogen-bond donors (Lipinski definition) is 2. The van der Waals surface area contributed by atoms with E-state index in [0.29, 0.717) is 6.04 Å². The number of aryl methyl sites for hydroxylation is 1. The fourth-order valence-corrected chi connectivity index (χ4v) is 3.82. The molecule has 2 atom stereocenters. The van der Waals surface area contributed by atoms with Crippen LogP contribution in [0.4, 0.5) is 5.69 Å². The first-order valence-corrected chi connectivity index (χ1v) is 7.67. The third kappa shape index (κ3) is 2.16. The van der Waals surface area contributed by atoms with Crippen molar-refractivity contribution in [2.45, 2.75) is 50.7 Å². The van der Waals surface area contributed by atoms with Crippen LogP contribution in [0.5, 0.6) is 0 Å². The van der Waals surface area contributed by atoms with E-state index >= 15 is 0 Å². The molecule has 0 saturated carbocycles. The topological polar surface area (TPSA) is 37.0 Å². The molecule has 2 unspecified atom stereocenters. The molecule has 0 aliphatic carbocycles. The van der Waals surface area contributed by atoms with E-state index in [1.807, 2.05) is 0 Å². The molecule has 0 radical (unpaired) electrons. The maximum Gasteiger partial charge on any atom is 0.0725 e. The Balaban J connectivity index is 1.65. The van der Waals surface area contributed by atoms with E-state index in [4.69, 9.17) is 0 Å². The molecule has 2 aliphatic rings. The Bertz CT molecular complexity index is 625. The van der Waals surface area contributed by atoms with Gasteiger partial charge in [0, 0.05) is 34.9 Å². The summed E-state index contributed by atoms with van der Waals surface area (Å²) in [6, 6.07) is 12.6. The van der Waals surface area contributed by atoms with Gasteiger partial charge < -0.3 is 10.6 Å². The molecule has 3 nitrogen and oxygen atoms in total. The Morgan fingerprint density at radius 2 is 1.90 bits per heavy atom. The highest BCUT2D eigenvalue weighted by Crippen LogP contribution is 2.31. The molecule has 1 aromatic carbocycles. The number of nitrogens with zero attached hydrogens (tertiary/aromatic N) is 1. The van der Waals surface area contributed by atoms with E-state index < -0.39 is 0 Å². The lowest BCUT2D eigenvalue weighted by Crippen LogP contribution is -2.43. The normalized spacial score (nSPS) is 28.8. The van der Waals surface area contributed by atoms with Crippen molar-refractivity contribution < 1.29 is 0 Å². The van der Waals surface area contributed by atoms with E-state index in [-0.39, 0.29) is 0 Å². The van der Waals surface area contributed by atoms with Crippen LogP contribution >= 0.6 is 0 Å². The Morgan fingerprint density at radius 1 is 1.15 bits per heavy atom. The number of rotatable bonds is 2. The monoisotopic (exact) mass is 267 g/mol. The maximum atomic E-state index is 4.62. The third-order valence-corrected chi connectivity index (χ3v) is 4.68. The van der Waals surface area contributed by atoms with Crippen molar-refractivity contribution in [3.63, 3.8) is 0 Å². The molecule has 1 aromatic heterocycles. The van der Waals surface area contributed by atoms with Crippen molar-refractivity contribution in [3.05, 3.63) is 36.0 Å². The van der Waals surface area contributed by atoms with Gasteiger partial charge in [-0.05, 0) is 44.7 Å². The van der Waals surface area contributed by atoms with Crippen LogP contribution in [-0.4, -0.2) is 23.1 Å². The molecule has 0 amide bonds. The molecule has 0 spiro atoms. The molecule has 2 bridgehead atoms. The van der Waals surface area contributed by atoms with Gasteiger partial charge in [-0.3, -0.25) is 4.98 Å². The Kier molecular flexibility index (Phi) is 2.88. The molecule has 2 aromatic rings. The van der Waals surface area contributed by atoms with Crippen LogP contribution < -0.4 is 10.6 Å². The van der Waals surface area contributed by atoms with Gasteiger partial charge in [0.2, 0.25) is 0 Å². The summed E-state index contributed by atoms with van der Waals surface area (Å²) in [7, 11) is 0. The van der Waals surface area contributed by atoms with Crippen molar-refractivity contribution in [3.8, 4) is 0 Å². The molecule has 20 heavy (non-hydrogen) atoms. The van der Waals surface area contributed by atoms with Gasteiger partial charge in [0.1, 0.15) is 0 Å². The predicted molar refractivity (Wildman–Crippen MR) is 83.1 cm³/mol. The van der Waals surface area contributed by atoms with Gasteiger partial charge >= 0.3 is 0 Å². The smallest absolute Gasteiger partial charge is 0.0725 e. The predicted octanol–water partition coefficient (Wildman–Crippen LogP) is 3.24. The van der Waals surface area contributed by atoms with Crippen LogP contribution in [0.15, 0.2) is 30.3 Å². The van der Waals surface area contributed by atoms with Crippen LogP contribution in [-0.2, 0) is 0 Å². The van der Waals surface area contributed by atoms with Gasteiger partial charge in [-0.1, -0.05) is 18.2 Å². The average Bonchev–Trinajstić information content (AvgIpc) is 2.78. The lowest BCUT2D eigenvalue weighted by atomic mass is 9.99. The van der Waals surface area contributed by atoms with Crippen LogP contribution in [0.3, 0.4) is 0 Å². The van der Waals surface area contributed by atoms with Crippen LogP contribution in [0.2, 0.25) is 0 Å². The minimum absolute atomic E-state index is 0.596. The highest BCUT2D eigenvalue weighted by molar-refractivity contribution is 5.91. The maximum absolute atomic E-state index is 4.62. The molecular formula is C17H21N3. The molecule has 4 rings (SSSR count). The molecule has 3 heterocycles. The average molecular weight is 267 g/mol. The molecule has 2 N–H and O–H groups in total. The second-order valence-corrected chi connectivity index (χ2v) is 6.28. The van der Waals surface area contributed by atoms with Gasteiger partial charge in [0.05, 0.1) is 5.52 Å². The third-order valence-electron chi connectivity index (χ3n) is 4.68. The zero-order chi connectivity index (χ0) is 13.5. The van der Waals surface area contributed by atoms with Gasteiger partial charge in [-0.15, -0.1) is 0 Å². The summed E-state index contributed by atoms with van der Waals surface area (Å²) < 4.78 is 0. The largest absolute Gasteiger partial charge is 0.382 e. The summed E-state index contributed by atoms with van der Waals surface area (Å²) in [5.74, 6) is 0. The van der Waals surface area contributed by atoms with Crippen LogP contribution in [0, 0.1) is 6.92 Å². The van der Waals surface area contributed by atoms with E-state index in [2.05, 4.69) is 52.9 Å². The quantitative estimate of drug-likeness (QED) is 0.877. The summed E-state index contributed by atoms with van der Waals surface area (Å²) in [5, 5.41) is 8.73. The molecule has 2 fully saturated rings. The summed E-state index contributed by atoms with van der Waals surface area (Å²) >= 11 is 0. The summed E-state index contributed by atoms with van der Waals surface area (Å²) in [4.78, 5) is 4.62. The molecule has 104 valence electrons. The van der Waals surface area contributed by atoms with Gasteiger partial charge in [-0.25, -0.2) is 0 Å². The number of fused-ring (bicyclic) bond motifs is 3. The number of anilines is 1. The first-order valence-electron chi connectivity index (χ1n) is 7.67. The van der Waals surface area contributed by atoms with Crippen LogP contribution in [0.1, 0.15) is 31.4 Å². The zero-order valence-electron chi connectivity index (χ0n) is 11.9. The van der Waals surface area contributed by atoms with Crippen molar-refractivity contribution in [2.75, 3.05) is 5.32 Å². The number of para-hydroxylation sites is 1. The zero-order valence-corrected chi connectivity index (χ0v) is 11.9. The van der Waals surface area contributed by atoms with Crippen LogP contribution in [0.25, 0.3) is 10.9 Å². The highest BCUT2D eigenvalue weighted by Gasteiger charge is 2.33. The second kappa shape index (κ2) is 4.74. The minimum Gasteiger partial charge on any atom is -0.382 e. The summed E-state index contributed by atoms with van der Waals surface area (Å²) in [5.41, 5.74) is 3.43. The van der Waals surface area contributed by atoms with E-state index in [1.54, 1.807) is 0 Å². The molecule has 2 aliphatic heterocycles. The van der Waals surface area contributed by atoms with Gasteiger partial charge in [-0.2, -0.15) is 0 Å². The SMILES string of the molecule is Cc1cc(NC2CC3CCC(C2)N3)c2ccccc2n1. The fourth-order valence-electron chi connectivity index (χ4n) is 3.82. The lowest BCUT2D eigenvalue weighted by Gasteiger charge is -2.30. The first kappa shape index (κ1) is 12.2. The van der Waals surface area contributed by atoms with Gasteiger partial charge in [0.15, 0.2) is 0 Å². The van der Waals surface area contributed by atoms with E-state index in [1.165, 1.54) is 36.8 Å². The number of aromatic nitrogens is 1. The van der Waals surface area contributed by atoms with Gasteiger partial charge in [0.25, 0.3) is 0 Å². The molecule has 2 saturated heterocycles. The number of piperidine rings is 1.